The molecule has 0 bridgehead atoms. The highest BCUT2D eigenvalue weighted by atomic mass is 32.1. The van der Waals surface area contributed by atoms with Gasteiger partial charge in [0, 0.05) is 6.54 Å². The second-order valence-electron chi connectivity index (χ2n) is 12.5. The quantitative estimate of drug-likeness (QED) is 0.320. The highest BCUT2D eigenvalue weighted by Crippen LogP contribution is 2.41. The molecule has 0 aliphatic heterocycles. The first-order valence-corrected chi connectivity index (χ1v) is 14.6. The third-order valence-electron chi connectivity index (χ3n) is 6.49. The number of rotatable bonds is 8. The molecule has 0 fully saturated rings. The third-order valence-corrected chi connectivity index (χ3v) is 7.51. The van der Waals surface area contributed by atoms with Crippen LogP contribution in [0.1, 0.15) is 69.7 Å². The smallest absolute Gasteiger partial charge is 0.407 e. The first-order valence-electron chi connectivity index (χ1n) is 13.8. The molecule has 0 unspecified atom stereocenters. The van der Waals surface area contributed by atoms with Crippen LogP contribution in [-0.2, 0) is 38.4 Å². The Morgan fingerprint density at radius 1 is 0.951 bits per heavy atom. The summed E-state index contributed by atoms with van der Waals surface area (Å²) in [4.78, 5) is 43.0. The molecule has 2 amide bonds. The van der Waals surface area contributed by atoms with Crippen LogP contribution in [0.3, 0.4) is 0 Å². The summed E-state index contributed by atoms with van der Waals surface area (Å²) < 4.78 is 11.8. The van der Waals surface area contributed by atoms with Crippen LogP contribution in [0.15, 0.2) is 48.5 Å². The van der Waals surface area contributed by atoms with Crippen molar-refractivity contribution in [3.8, 4) is 0 Å². The number of carbonyl (C=O) groups is 3. The minimum atomic E-state index is -0.895. The molecule has 0 saturated heterocycles. The molecular weight excluding hydrogens is 538 g/mol. The summed E-state index contributed by atoms with van der Waals surface area (Å²) in [6.45, 7) is 11.6. The molecule has 1 aromatic heterocycles. The summed E-state index contributed by atoms with van der Waals surface area (Å²) in [6.07, 6.45) is 4.33. The first kappa shape index (κ1) is 30.2. The number of aromatic nitrogens is 1. The highest BCUT2D eigenvalue weighted by molar-refractivity contribution is 7.18. The number of ether oxygens (including phenoxy) is 2. The van der Waals surface area contributed by atoms with E-state index in [1.165, 1.54) is 11.3 Å². The van der Waals surface area contributed by atoms with E-state index in [2.05, 4.69) is 10.6 Å². The van der Waals surface area contributed by atoms with Gasteiger partial charge in [-0.15, -0.1) is 11.3 Å². The van der Waals surface area contributed by atoms with E-state index in [-0.39, 0.29) is 24.8 Å². The van der Waals surface area contributed by atoms with Gasteiger partial charge in [0.1, 0.15) is 16.2 Å². The molecule has 4 rings (SSSR count). The first-order chi connectivity index (χ1) is 19.2. The molecule has 1 aliphatic rings. The van der Waals surface area contributed by atoms with Crippen LogP contribution in [0.2, 0.25) is 0 Å². The monoisotopic (exact) mass is 577 g/mol. The molecule has 0 saturated carbocycles. The number of hydrogen-bond donors (Lipinski definition) is 2. The molecule has 8 nitrogen and oxygen atoms in total. The molecule has 2 aromatic carbocycles. The molecule has 41 heavy (non-hydrogen) atoms. The van der Waals surface area contributed by atoms with E-state index in [1.54, 1.807) is 0 Å². The van der Waals surface area contributed by atoms with E-state index in [0.29, 0.717) is 19.4 Å². The molecule has 218 valence electrons. The molecule has 9 heteroatoms. The van der Waals surface area contributed by atoms with Crippen molar-refractivity contribution in [3.05, 3.63) is 70.2 Å². The van der Waals surface area contributed by atoms with Gasteiger partial charge in [-0.3, -0.25) is 9.59 Å². The number of amides is 2. The Morgan fingerprint density at radius 3 is 2.24 bits per heavy atom. The van der Waals surface area contributed by atoms with Crippen molar-refractivity contribution in [1.29, 1.82) is 0 Å². The topological polar surface area (TPSA) is 107 Å². The molecule has 1 heterocycles. The maximum absolute atomic E-state index is 13.7. The summed E-state index contributed by atoms with van der Waals surface area (Å²) in [5, 5.41) is 6.55. The zero-order chi connectivity index (χ0) is 29.8. The van der Waals surface area contributed by atoms with Crippen molar-refractivity contribution in [2.45, 2.75) is 78.6 Å². The lowest BCUT2D eigenvalue weighted by Gasteiger charge is -2.28. The Morgan fingerprint density at radius 2 is 1.61 bits per heavy atom. The number of nitrogens with zero attached hydrogens (tertiary/aromatic N) is 1. The van der Waals surface area contributed by atoms with Gasteiger partial charge in [0.05, 0.1) is 28.6 Å². The number of esters is 1. The van der Waals surface area contributed by atoms with Crippen molar-refractivity contribution in [2.75, 3.05) is 6.54 Å². The van der Waals surface area contributed by atoms with E-state index in [9.17, 15) is 14.4 Å². The van der Waals surface area contributed by atoms with Crippen LogP contribution in [0, 0.1) is 5.41 Å². The SMILES string of the molecule is CC(C)(C)OC(=O)CC1(C(=O)NCc2nc3ccc(/C=C/CNC(=O)OC(C)(C)C)cc3s2)Cc2ccccc2C1. The third kappa shape index (κ3) is 8.39. The van der Waals surface area contributed by atoms with Gasteiger partial charge in [-0.2, -0.15) is 0 Å². The van der Waals surface area contributed by atoms with E-state index >= 15 is 0 Å². The van der Waals surface area contributed by atoms with Gasteiger partial charge in [0.2, 0.25) is 5.91 Å². The largest absolute Gasteiger partial charge is 0.460 e. The van der Waals surface area contributed by atoms with Crippen molar-refractivity contribution < 1.29 is 23.9 Å². The fourth-order valence-electron chi connectivity index (χ4n) is 4.88. The zero-order valence-corrected chi connectivity index (χ0v) is 25.4. The van der Waals surface area contributed by atoms with Crippen LogP contribution in [0.5, 0.6) is 0 Å². The van der Waals surface area contributed by atoms with Gasteiger partial charge in [-0.1, -0.05) is 42.5 Å². The van der Waals surface area contributed by atoms with Crippen molar-refractivity contribution in [1.82, 2.24) is 15.6 Å². The number of benzene rings is 2. The van der Waals surface area contributed by atoms with Crippen molar-refractivity contribution >= 4 is 45.6 Å². The van der Waals surface area contributed by atoms with E-state index in [4.69, 9.17) is 14.5 Å². The predicted molar refractivity (Wildman–Crippen MR) is 161 cm³/mol. The van der Waals surface area contributed by atoms with Crippen molar-refractivity contribution in [2.24, 2.45) is 5.41 Å². The van der Waals surface area contributed by atoms with Crippen LogP contribution < -0.4 is 10.6 Å². The Hall–Kier alpha value is -3.72. The van der Waals surface area contributed by atoms with Gasteiger partial charge in [0.25, 0.3) is 0 Å². The second kappa shape index (κ2) is 12.0. The number of carbonyl (C=O) groups excluding carboxylic acids is 3. The molecule has 0 atom stereocenters. The molecule has 3 aromatic rings. The van der Waals surface area contributed by atoms with E-state index in [0.717, 1.165) is 31.9 Å². The summed E-state index contributed by atoms with van der Waals surface area (Å²) in [5.74, 6) is -0.540. The zero-order valence-electron chi connectivity index (χ0n) is 24.6. The second-order valence-corrected chi connectivity index (χ2v) is 13.6. The van der Waals surface area contributed by atoms with Gasteiger partial charge >= 0.3 is 12.1 Å². The van der Waals surface area contributed by atoms with Gasteiger partial charge in [0.15, 0.2) is 0 Å². The molecular formula is C32H39N3O5S. The predicted octanol–water partition coefficient (Wildman–Crippen LogP) is 5.97. The molecule has 0 spiro atoms. The van der Waals surface area contributed by atoms with E-state index < -0.39 is 22.7 Å². The minimum Gasteiger partial charge on any atom is -0.460 e. The lowest BCUT2D eigenvalue weighted by Crippen LogP contribution is -2.44. The lowest BCUT2D eigenvalue weighted by molar-refractivity contribution is -0.160. The highest BCUT2D eigenvalue weighted by Gasteiger charge is 2.46. The van der Waals surface area contributed by atoms with Crippen LogP contribution in [-0.4, -0.2) is 40.7 Å². The number of nitrogens with one attached hydrogen (secondary N) is 2. The van der Waals surface area contributed by atoms with Gasteiger partial charge in [-0.05, 0) is 83.2 Å². The normalized spacial score (nSPS) is 14.6. The Labute approximate surface area is 245 Å². The van der Waals surface area contributed by atoms with Crippen LogP contribution in [0.25, 0.3) is 16.3 Å². The van der Waals surface area contributed by atoms with E-state index in [1.807, 2.05) is 96.2 Å². The Kier molecular flexibility index (Phi) is 8.87. The van der Waals surface area contributed by atoms with Gasteiger partial charge in [-0.25, -0.2) is 9.78 Å². The summed E-state index contributed by atoms with van der Waals surface area (Å²) in [7, 11) is 0. The number of fused-ring (bicyclic) bond motifs is 2. The van der Waals surface area contributed by atoms with Crippen molar-refractivity contribution in [3.63, 3.8) is 0 Å². The fraction of sp³-hybridized carbons (Fsp3) is 0.438. The Balaban J connectivity index is 1.40. The summed E-state index contributed by atoms with van der Waals surface area (Å²) in [5.41, 5.74) is 1.95. The molecule has 1 aliphatic carbocycles. The van der Waals surface area contributed by atoms with Crippen LogP contribution >= 0.6 is 11.3 Å². The fourth-order valence-corrected chi connectivity index (χ4v) is 5.83. The Bertz CT molecular complexity index is 1440. The number of hydrogen-bond acceptors (Lipinski definition) is 7. The average Bonchev–Trinajstić information content (AvgIpc) is 3.43. The molecule has 2 N–H and O–H groups in total. The molecule has 0 radical (unpaired) electrons. The number of alkyl carbamates (subject to hydrolysis) is 1. The van der Waals surface area contributed by atoms with Gasteiger partial charge < -0.3 is 20.1 Å². The maximum atomic E-state index is 13.7. The minimum absolute atomic E-state index is 0.0170. The summed E-state index contributed by atoms with van der Waals surface area (Å²) >= 11 is 1.51. The maximum Gasteiger partial charge on any atom is 0.407 e. The standard InChI is InChI=1S/C32H39N3O5S/c1-30(2,3)39-27(36)19-32(17-22-11-7-8-12-23(22)18-32)28(37)34-20-26-35-24-14-13-21(16-25(24)41-26)10-9-15-33-29(38)40-31(4,5)6/h7-14,16H,15,17-20H2,1-6H3,(H,33,38)(H,34,37)/b10-9+. The number of thiazole rings is 1. The average molecular weight is 578 g/mol. The lowest BCUT2D eigenvalue weighted by atomic mass is 9.80. The summed E-state index contributed by atoms with van der Waals surface area (Å²) in [6, 6.07) is 13.9. The van der Waals surface area contributed by atoms with Crippen LogP contribution in [0.4, 0.5) is 4.79 Å².